The third-order valence-electron chi connectivity index (χ3n) is 4.64. The Bertz CT molecular complexity index is 872. The van der Waals surface area contributed by atoms with Crippen LogP contribution in [-0.2, 0) is 4.79 Å². The van der Waals surface area contributed by atoms with Crippen LogP contribution in [0.5, 0.6) is 17.2 Å². The monoisotopic (exact) mass is 387 g/mol. The minimum atomic E-state index is -0.639. The first kappa shape index (κ1) is 19.4. The lowest BCUT2D eigenvalue weighted by Gasteiger charge is -2.26. The van der Waals surface area contributed by atoms with Crippen molar-refractivity contribution in [3.63, 3.8) is 0 Å². The first-order valence-corrected chi connectivity index (χ1v) is 8.78. The van der Waals surface area contributed by atoms with Crippen molar-refractivity contribution >= 4 is 11.7 Å². The number of nitrogens with zero attached hydrogens (tertiary/aromatic N) is 3. The van der Waals surface area contributed by atoms with Crippen LogP contribution in [0.2, 0.25) is 0 Å². The molecule has 0 saturated carbocycles. The quantitative estimate of drug-likeness (QED) is 0.531. The smallest absolute Gasteiger partial charge is 0.406 e. The summed E-state index contributed by atoms with van der Waals surface area (Å²) in [7, 11) is 3.16. The average molecular weight is 387 g/mol. The van der Waals surface area contributed by atoms with E-state index in [1.807, 2.05) is 12.1 Å². The average Bonchev–Trinajstić information content (AvgIpc) is 3.21. The second-order valence-electron chi connectivity index (χ2n) is 6.22. The number of rotatable bonds is 7. The molecule has 1 aromatic carbocycles. The summed E-state index contributed by atoms with van der Waals surface area (Å²) < 4.78 is 16.2. The minimum Gasteiger partial charge on any atom is -0.497 e. The van der Waals surface area contributed by atoms with Gasteiger partial charge in [-0.1, -0.05) is 0 Å². The van der Waals surface area contributed by atoms with Crippen molar-refractivity contribution in [3.05, 3.63) is 52.2 Å². The van der Waals surface area contributed by atoms with Crippen LogP contribution in [0, 0.1) is 10.1 Å². The fourth-order valence-corrected chi connectivity index (χ4v) is 3.34. The summed E-state index contributed by atoms with van der Waals surface area (Å²) in [6.07, 6.45) is 2.92. The van der Waals surface area contributed by atoms with Gasteiger partial charge < -0.3 is 29.2 Å². The van der Waals surface area contributed by atoms with Crippen LogP contribution in [0.15, 0.2) is 36.5 Å². The number of hydrogen-bond acceptors (Lipinski definition) is 7. The largest absolute Gasteiger partial charge is 0.497 e. The first-order chi connectivity index (χ1) is 13.5. The third kappa shape index (κ3) is 3.98. The van der Waals surface area contributed by atoms with Crippen LogP contribution < -0.4 is 14.2 Å². The highest BCUT2D eigenvalue weighted by atomic mass is 16.6. The number of methoxy groups -OCH3 is 2. The lowest BCUT2D eigenvalue weighted by molar-refractivity contribution is -0.390. The summed E-state index contributed by atoms with van der Waals surface area (Å²) in [6, 6.07) is 8.24. The van der Waals surface area contributed by atoms with Gasteiger partial charge in [-0.25, -0.2) is 0 Å². The molecule has 1 saturated heterocycles. The van der Waals surface area contributed by atoms with Gasteiger partial charge in [-0.15, -0.1) is 0 Å². The number of likely N-dealkylation sites (tertiary alicyclic amines) is 1. The number of carbonyl (C=O) groups excluding carboxylic acids is 1. The van der Waals surface area contributed by atoms with Gasteiger partial charge in [0.2, 0.25) is 5.75 Å². The van der Waals surface area contributed by atoms with Crippen LogP contribution in [0.1, 0.15) is 24.4 Å². The molecule has 28 heavy (non-hydrogen) atoms. The van der Waals surface area contributed by atoms with E-state index in [2.05, 4.69) is 4.98 Å². The molecule has 2 heterocycles. The number of hydrogen-bond donors (Lipinski definition) is 0. The molecule has 1 atom stereocenters. The Morgan fingerprint density at radius 1 is 1.29 bits per heavy atom. The summed E-state index contributed by atoms with van der Waals surface area (Å²) in [5.41, 5.74) is 0.861. The second kappa shape index (κ2) is 8.55. The maximum absolute atomic E-state index is 12.8. The van der Waals surface area contributed by atoms with Gasteiger partial charge in [0.05, 0.1) is 20.3 Å². The van der Waals surface area contributed by atoms with Crippen LogP contribution in [-0.4, -0.2) is 48.1 Å². The predicted octanol–water partition coefficient (Wildman–Crippen LogP) is 2.75. The third-order valence-corrected chi connectivity index (χ3v) is 4.64. The van der Waals surface area contributed by atoms with E-state index in [0.29, 0.717) is 18.0 Å². The van der Waals surface area contributed by atoms with Crippen molar-refractivity contribution in [2.75, 3.05) is 27.4 Å². The molecule has 1 fully saturated rings. The molecule has 9 nitrogen and oxygen atoms in total. The van der Waals surface area contributed by atoms with E-state index in [9.17, 15) is 14.9 Å². The highest BCUT2D eigenvalue weighted by Crippen LogP contribution is 2.39. The van der Waals surface area contributed by atoms with Crippen molar-refractivity contribution in [2.24, 2.45) is 0 Å². The van der Waals surface area contributed by atoms with Crippen molar-refractivity contribution in [3.8, 4) is 17.2 Å². The topological polar surface area (TPSA) is 104 Å². The van der Waals surface area contributed by atoms with Gasteiger partial charge in [-0.2, -0.15) is 0 Å². The number of carbonyl (C=O) groups is 1. The fraction of sp³-hybridized carbons (Fsp3) is 0.368. The van der Waals surface area contributed by atoms with Crippen molar-refractivity contribution in [2.45, 2.75) is 18.9 Å². The van der Waals surface area contributed by atoms with Gasteiger partial charge in [0.1, 0.15) is 17.7 Å². The van der Waals surface area contributed by atoms with Gasteiger partial charge in [0.25, 0.3) is 5.91 Å². The van der Waals surface area contributed by atoms with Crippen molar-refractivity contribution in [1.29, 1.82) is 0 Å². The lowest BCUT2D eigenvalue weighted by atomic mass is 10.0. The number of nitro groups is 1. The number of aromatic nitrogens is 1. The molecule has 0 bridgehead atoms. The van der Waals surface area contributed by atoms with Crippen LogP contribution in [0.4, 0.5) is 5.82 Å². The summed E-state index contributed by atoms with van der Waals surface area (Å²) in [5.74, 6) is 0.649. The molecular formula is C19H21N3O6. The zero-order valence-electron chi connectivity index (χ0n) is 15.7. The van der Waals surface area contributed by atoms with Gasteiger partial charge in [-0.05, 0) is 53.1 Å². The molecule has 2 aromatic rings. The number of benzene rings is 1. The molecule has 1 amide bonds. The SMILES string of the molecule is COc1ccc(OC)c([C@H]2CCCN2C(=O)COc2cccnc2[N+](=O)[O-])c1. The van der Waals surface area contributed by atoms with Crippen LogP contribution in [0.3, 0.4) is 0 Å². The van der Waals surface area contributed by atoms with Gasteiger partial charge in [-0.3, -0.25) is 4.79 Å². The van der Waals surface area contributed by atoms with Gasteiger partial charge in [0.15, 0.2) is 6.61 Å². The molecule has 0 aliphatic carbocycles. The summed E-state index contributed by atoms with van der Waals surface area (Å²) in [6.45, 7) is 0.262. The zero-order chi connectivity index (χ0) is 20.1. The molecule has 148 valence electrons. The second-order valence-corrected chi connectivity index (χ2v) is 6.22. The fourth-order valence-electron chi connectivity index (χ4n) is 3.34. The summed E-state index contributed by atoms with van der Waals surface area (Å²) in [5, 5.41) is 11.0. The molecule has 1 aromatic heterocycles. The number of ether oxygens (including phenoxy) is 3. The maximum atomic E-state index is 12.8. The normalized spacial score (nSPS) is 15.9. The zero-order valence-corrected chi connectivity index (χ0v) is 15.7. The van der Waals surface area contributed by atoms with E-state index in [1.165, 1.54) is 18.3 Å². The standard InChI is InChI=1S/C19H21N3O6/c1-26-13-7-8-16(27-2)14(11-13)15-5-4-10-21(15)18(23)12-28-17-6-3-9-20-19(17)22(24)25/h3,6-9,11,15H,4-5,10,12H2,1-2H3/t15-/m1/s1. The Hall–Kier alpha value is -3.36. The van der Waals surface area contributed by atoms with Gasteiger partial charge in [0, 0.05) is 12.1 Å². The number of pyridine rings is 1. The highest BCUT2D eigenvalue weighted by molar-refractivity contribution is 5.79. The van der Waals surface area contributed by atoms with Crippen molar-refractivity contribution in [1.82, 2.24) is 9.88 Å². The lowest BCUT2D eigenvalue weighted by Crippen LogP contribution is -2.34. The molecule has 0 spiro atoms. The van der Waals surface area contributed by atoms with E-state index >= 15 is 0 Å². The Morgan fingerprint density at radius 2 is 2.11 bits per heavy atom. The van der Waals surface area contributed by atoms with Gasteiger partial charge >= 0.3 is 5.82 Å². The Kier molecular flexibility index (Phi) is 5.93. The molecule has 0 unspecified atom stereocenters. The number of amides is 1. The molecule has 0 radical (unpaired) electrons. The summed E-state index contributed by atoms with van der Waals surface area (Å²) >= 11 is 0. The Morgan fingerprint density at radius 3 is 2.82 bits per heavy atom. The van der Waals surface area contributed by atoms with E-state index in [-0.39, 0.29) is 24.3 Å². The van der Waals surface area contributed by atoms with Crippen LogP contribution in [0.25, 0.3) is 0 Å². The molecule has 0 N–H and O–H groups in total. The van der Waals surface area contributed by atoms with E-state index in [0.717, 1.165) is 18.4 Å². The van der Waals surface area contributed by atoms with Crippen molar-refractivity contribution < 1.29 is 23.9 Å². The predicted molar refractivity (Wildman–Crippen MR) is 99.6 cm³/mol. The first-order valence-electron chi connectivity index (χ1n) is 8.78. The van der Waals surface area contributed by atoms with E-state index in [4.69, 9.17) is 14.2 Å². The van der Waals surface area contributed by atoms with E-state index in [1.54, 1.807) is 25.2 Å². The molecule has 1 aliphatic rings. The van der Waals surface area contributed by atoms with E-state index < -0.39 is 10.7 Å². The Balaban J connectivity index is 1.76. The van der Waals surface area contributed by atoms with Crippen LogP contribution >= 0.6 is 0 Å². The maximum Gasteiger partial charge on any atom is 0.406 e. The summed E-state index contributed by atoms with van der Waals surface area (Å²) in [4.78, 5) is 28.6. The molecule has 3 rings (SSSR count). The molecule has 1 aliphatic heterocycles. The molecular weight excluding hydrogens is 366 g/mol. The minimum absolute atomic E-state index is 0.0319. The Labute approximate surface area is 162 Å². The molecule has 9 heteroatoms. The highest BCUT2D eigenvalue weighted by Gasteiger charge is 2.32.